The van der Waals surface area contributed by atoms with E-state index in [1.54, 1.807) is 18.2 Å². The minimum atomic E-state index is -0.438. The molecule has 0 saturated carbocycles. The van der Waals surface area contributed by atoms with Crippen molar-refractivity contribution >= 4 is 51.3 Å². The van der Waals surface area contributed by atoms with Gasteiger partial charge in [0.1, 0.15) is 22.7 Å². The number of amides is 5. The summed E-state index contributed by atoms with van der Waals surface area (Å²) >= 11 is 0. The van der Waals surface area contributed by atoms with Gasteiger partial charge in [0.2, 0.25) is 0 Å². The first-order valence-electron chi connectivity index (χ1n) is 15.9. The molecular weight excluding hydrogens is 606 g/mol. The Labute approximate surface area is 276 Å². The van der Waals surface area contributed by atoms with E-state index >= 15 is 0 Å². The number of hydrogen-bond donors (Lipinski definition) is 5. The summed E-state index contributed by atoms with van der Waals surface area (Å²) in [5, 5.41) is 16.5. The maximum absolute atomic E-state index is 13.0. The molecule has 6 aromatic rings. The topological polar surface area (TPSA) is 138 Å². The molecule has 2 atom stereocenters. The maximum atomic E-state index is 13.0. The van der Waals surface area contributed by atoms with Gasteiger partial charge >= 0.3 is 12.1 Å². The summed E-state index contributed by atoms with van der Waals surface area (Å²) in [5.41, 5.74) is 7.24. The maximum Gasteiger partial charge on any atom is 0.319 e. The van der Waals surface area contributed by atoms with Crippen LogP contribution in [-0.2, 0) is 13.0 Å². The second-order valence-corrected chi connectivity index (χ2v) is 12.1. The van der Waals surface area contributed by atoms with Gasteiger partial charge in [-0.15, -0.1) is 0 Å². The first kappa shape index (κ1) is 30.6. The van der Waals surface area contributed by atoms with Gasteiger partial charge in [0, 0.05) is 51.8 Å². The number of furan rings is 2. The average Bonchev–Trinajstić information content (AvgIpc) is 3.75. The van der Waals surface area contributed by atoms with Crippen LogP contribution in [0.5, 0.6) is 0 Å². The number of carbonyl (C=O) groups excluding carboxylic acids is 3. The van der Waals surface area contributed by atoms with Gasteiger partial charge in [-0.2, -0.15) is 0 Å². The summed E-state index contributed by atoms with van der Waals surface area (Å²) in [4.78, 5) is 37.7. The van der Waals surface area contributed by atoms with Crippen molar-refractivity contribution < 1.29 is 23.2 Å². The zero-order valence-electron chi connectivity index (χ0n) is 26.8. The van der Waals surface area contributed by atoms with E-state index < -0.39 is 6.04 Å². The van der Waals surface area contributed by atoms with E-state index in [9.17, 15) is 14.4 Å². The molecule has 5 N–H and O–H groups in total. The number of aryl methyl sites for hydroxylation is 1. The minimum Gasteiger partial charge on any atom is -0.459 e. The van der Waals surface area contributed by atoms with Gasteiger partial charge in [-0.25, -0.2) is 9.59 Å². The predicted molar refractivity (Wildman–Crippen MR) is 185 cm³/mol. The number of rotatable bonds is 8. The molecule has 1 aliphatic heterocycles. The second kappa shape index (κ2) is 12.6. The first-order valence-corrected chi connectivity index (χ1v) is 15.9. The Morgan fingerprint density at radius 2 is 1.33 bits per heavy atom. The Bertz CT molecular complexity index is 2180. The smallest absolute Gasteiger partial charge is 0.319 e. The highest BCUT2D eigenvalue weighted by Gasteiger charge is 2.23. The molecule has 10 nitrogen and oxygen atoms in total. The van der Waals surface area contributed by atoms with E-state index in [1.807, 2.05) is 93.6 Å². The van der Waals surface area contributed by atoms with E-state index in [1.165, 1.54) is 0 Å². The molecule has 5 amide bonds. The van der Waals surface area contributed by atoms with Crippen molar-refractivity contribution in [1.29, 1.82) is 0 Å². The molecule has 242 valence electrons. The zero-order valence-corrected chi connectivity index (χ0v) is 26.8. The van der Waals surface area contributed by atoms with Gasteiger partial charge in [-0.1, -0.05) is 48.5 Å². The summed E-state index contributed by atoms with van der Waals surface area (Å²) in [6.45, 7) is 6.21. The Kier molecular flexibility index (Phi) is 8.06. The lowest BCUT2D eigenvalue weighted by atomic mass is 9.99. The Morgan fingerprint density at radius 3 is 2.04 bits per heavy atom. The van der Waals surface area contributed by atoms with Gasteiger partial charge < -0.3 is 35.4 Å². The lowest BCUT2D eigenvalue weighted by molar-refractivity contribution is 0.0965. The number of para-hydroxylation sites is 2. The van der Waals surface area contributed by atoms with Gasteiger partial charge in [0.05, 0.1) is 12.1 Å². The normalized spacial score (nSPS) is 13.5. The predicted octanol–water partition coefficient (Wildman–Crippen LogP) is 8.09. The number of anilines is 2. The molecule has 4 aromatic carbocycles. The van der Waals surface area contributed by atoms with Crippen molar-refractivity contribution in [1.82, 2.24) is 16.0 Å². The highest BCUT2D eigenvalue weighted by molar-refractivity contribution is 5.99. The van der Waals surface area contributed by atoms with Crippen LogP contribution < -0.4 is 26.6 Å². The third-order valence-electron chi connectivity index (χ3n) is 8.73. The minimum absolute atomic E-state index is 0.108. The third-order valence-corrected chi connectivity index (χ3v) is 8.73. The van der Waals surface area contributed by atoms with Crippen molar-refractivity contribution in [3.05, 3.63) is 130 Å². The monoisotopic (exact) mass is 641 g/mol. The molecule has 7 rings (SSSR count). The molecule has 0 fully saturated rings. The summed E-state index contributed by atoms with van der Waals surface area (Å²) in [7, 11) is 0. The number of hydrogen-bond acceptors (Lipinski definition) is 5. The van der Waals surface area contributed by atoms with Crippen LogP contribution in [-0.4, -0.2) is 18.0 Å². The SMILES string of the molecule is Cc1c(C(C)NC(=O)Nc2ccc(Cc3c(C(C)NC(=O)Nc4ccc5c(c4)CNC5=O)oc4ccccc34)cc2)oc2ccccc12. The average molecular weight is 642 g/mol. The van der Waals surface area contributed by atoms with E-state index in [4.69, 9.17) is 8.83 Å². The first-order chi connectivity index (χ1) is 23.2. The fraction of sp³-hybridized carbons (Fsp3) is 0.184. The standard InChI is InChI=1S/C38H35N5O5/c1-21-28-8-4-6-10-32(28)47-34(21)22(2)40-37(45)42-26-14-12-24(13-15-26)18-31-30-9-5-7-11-33(30)48-35(31)23(3)41-38(46)43-27-16-17-29-25(19-27)20-39-36(29)44/h4-17,19,22-23H,18,20H2,1-3H3,(H,39,44)(H2,40,42,45)(H2,41,43,46). The van der Waals surface area contributed by atoms with E-state index in [0.29, 0.717) is 35.7 Å². The van der Waals surface area contributed by atoms with Crippen LogP contribution in [0.2, 0.25) is 0 Å². The second-order valence-electron chi connectivity index (χ2n) is 12.1. The third kappa shape index (κ3) is 6.07. The van der Waals surface area contributed by atoms with Gasteiger partial charge in [0.15, 0.2) is 0 Å². The molecule has 48 heavy (non-hydrogen) atoms. The Hall–Kier alpha value is -6.03. The Balaban J connectivity index is 1.01. The van der Waals surface area contributed by atoms with Gasteiger partial charge in [-0.05, 0) is 74.4 Å². The van der Waals surface area contributed by atoms with Gasteiger partial charge in [-0.3, -0.25) is 4.79 Å². The van der Waals surface area contributed by atoms with Crippen LogP contribution in [0.25, 0.3) is 21.9 Å². The highest BCUT2D eigenvalue weighted by Crippen LogP contribution is 2.33. The van der Waals surface area contributed by atoms with Crippen LogP contribution in [0.3, 0.4) is 0 Å². The quantitative estimate of drug-likeness (QED) is 0.114. The number of urea groups is 2. The molecule has 0 radical (unpaired) electrons. The Morgan fingerprint density at radius 1 is 0.750 bits per heavy atom. The van der Waals surface area contributed by atoms with Crippen molar-refractivity contribution in [2.45, 2.75) is 45.8 Å². The fourth-order valence-electron chi connectivity index (χ4n) is 6.33. The van der Waals surface area contributed by atoms with E-state index in [2.05, 4.69) is 26.6 Å². The highest BCUT2D eigenvalue weighted by atomic mass is 16.3. The van der Waals surface area contributed by atoms with Crippen LogP contribution >= 0.6 is 0 Å². The number of carbonyl (C=O) groups is 3. The summed E-state index contributed by atoms with van der Waals surface area (Å²) in [5.74, 6) is 1.28. The molecule has 1 aliphatic rings. The van der Waals surface area contributed by atoms with Crippen LogP contribution in [0.1, 0.15) is 70.1 Å². The van der Waals surface area contributed by atoms with Crippen molar-refractivity contribution in [2.24, 2.45) is 0 Å². The molecular formula is C38H35N5O5. The van der Waals surface area contributed by atoms with Crippen molar-refractivity contribution in [3.63, 3.8) is 0 Å². The molecule has 2 aromatic heterocycles. The summed E-state index contributed by atoms with van der Waals surface area (Å²) in [6.07, 6.45) is 0.556. The zero-order chi connectivity index (χ0) is 33.4. The molecule has 0 aliphatic carbocycles. The largest absolute Gasteiger partial charge is 0.459 e. The molecule has 0 bridgehead atoms. The molecule has 0 saturated heterocycles. The number of fused-ring (bicyclic) bond motifs is 3. The lowest BCUT2D eigenvalue weighted by Crippen LogP contribution is -2.31. The molecule has 0 spiro atoms. The molecule has 10 heteroatoms. The number of benzene rings is 4. The van der Waals surface area contributed by atoms with Crippen LogP contribution in [0, 0.1) is 6.92 Å². The summed E-state index contributed by atoms with van der Waals surface area (Å²) < 4.78 is 12.3. The lowest BCUT2D eigenvalue weighted by Gasteiger charge is -2.15. The van der Waals surface area contributed by atoms with Crippen molar-refractivity contribution in [2.75, 3.05) is 10.6 Å². The number of nitrogens with one attached hydrogen (secondary N) is 5. The molecule has 2 unspecified atom stereocenters. The fourth-order valence-corrected chi connectivity index (χ4v) is 6.33. The van der Waals surface area contributed by atoms with Gasteiger partial charge in [0.25, 0.3) is 5.91 Å². The van der Waals surface area contributed by atoms with E-state index in [0.717, 1.165) is 50.0 Å². The van der Waals surface area contributed by atoms with Crippen LogP contribution in [0.15, 0.2) is 99.8 Å². The van der Waals surface area contributed by atoms with E-state index in [-0.39, 0.29) is 24.0 Å². The van der Waals surface area contributed by atoms with Crippen molar-refractivity contribution in [3.8, 4) is 0 Å². The van der Waals surface area contributed by atoms with Crippen LogP contribution in [0.4, 0.5) is 21.0 Å². The molecule has 3 heterocycles. The summed E-state index contributed by atoms with van der Waals surface area (Å²) in [6, 6.07) is 27.0.